The number of nitrogens with zero attached hydrogens (tertiary/aromatic N) is 2. The molecule has 1 aliphatic heterocycles. The Morgan fingerprint density at radius 2 is 2.14 bits per heavy atom. The predicted octanol–water partition coefficient (Wildman–Crippen LogP) is 2.17. The Kier molecular flexibility index (Phi) is 3.60. The van der Waals surface area contributed by atoms with E-state index in [2.05, 4.69) is 10.5 Å². The number of likely N-dealkylation sites (tertiary alicyclic amines) is 1. The smallest absolute Gasteiger partial charge is 0.315 e. The molecule has 2 amide bonds. The highest BCUT2D eigenvalue weighted by Crippen LogP contribution is 2.22. The minimum atomic E-state index is -0.664. The zero-order chi connectivity index (χ0) is 14.8. The van der Waals surface area contributed by atoms with Gasteiger partial charge in [-0.1, -0.05) is 17.3 Å². The summed E-state index contributed by atoms with van der Waals surface area (Å²) in [5.74, 6) is -0.884. The minimum Gasteiger partial charge on any atom is -0.354 e. The number of amides is 2. The van der Waals surface area contributed by atoms with Crippen molar-refractivity contribution in [2.45, 2.75) is 32.2 Å². The second-order valence-corrected chi connectivity index (χ2v) is 5.32. The van der Waals surface area contributed by atoms with Crippen LogP contribution in [0, 0.1) is 0 Å². The van der Waals surface area contributed by atoms with E-state index in [9.17, 15) is 9.59 Å². The summed E-state index contributed by atoms with van der Waals surface area (Å²) >= 11 is 0. The Labute approximate surface area is 122 Å². The number of anilines is 1. The van der Waals surface area contributed by atoms with Crippen molar-refractivity contribution in [3.05, 3.63) is 24.3 Å². The molecule has 0 spiro atoms. The molecule has 3 rings (SSSR count). The number of nitrogens with one attached hydrogen (secondary N) is 1. The first-order valence-corrected chi connectivity index (χ1v) is 7.13. The fourth-order valence-corrected chi connectivity index (χ4v) is 2.67. The molecular weight excluding hydrogens is 270 g/mol. The number of fused-ring (bicyclic) bond motifs is 1. The molecule has 1 saturated heterocycles. The Morgan fingerprint density at radius 3 is 2.95 bits per heavy atom. The molecule has 1 aromatic carbocycles. The van der Waals surface area contributed by atoms with Gasteiger partial charge in [0.05, 0.1) is 5.39 Å². The standard InChI is InChI=1S/C15H17N3O3/c1-10-6-4-5-9-18(10)15(20)14(19)16-13-11-7-2-3-8-12(11)21-17-13/h2-3,7-8,10H,4-6,9H2,1H3,(H,16,17,19). The number of hydrogen-bond donors (Lipinski definition) is 1. The topological polar surface area (TPSA) is 75.4 Å². The first-order valence-electron chi connectivity index (χ1n) is 7.13. The molecule has 0 radical (unpaired) electrons. The van der Waals surface area contributed by atoms with Gasteiger partial charge >= 0.3 is 11.8 Å². The van der Waals surface area contributed by atoms with Crippen LogP contribution < -0.4 is 5.32 Å². The van der Waals surface area contributed by atoms with E-state index in [1.165, 1.54) is 0 Å². The highest BCUT2D eigenvalue weighted by Gasteiger charge is 2.28. The number of benzene rings is 1. The van der Waals surface area contributed by atoms with Gasteiger partial charge in [0.2, 0.25) is 0 Å². The number of para-hydroxylation sites is 1. The average molecular weight is 287 g/mol. The van der Waals surface area contributed by atoms with Crippen molar-refractivity contribution in [1.29, 1.82) is 0 Å². The number of piperidine rings is 1. The molecule has 1 atom stereocenters. The predicted molar refractivity (Wildman–Crippen MR) is 77.7 cm³/mol. The van der Waals surface area contributed by atoms with Crippen LogP contribution in [0.15, 0.2) is 28.8 Å². The van der Waals surface area contributed by atoms with Crippen LogP contribution in [0.3, 0.4) is 0 Å². The lowest BCUT2D eigenvalue weighted by Crippen LogP contribution is -2.47. The zero-order valence-electron chi connectivity index (χ0n) is 11.8. The largest absolute Gasteiger partial charge is 0.354 e. The molecule has 0 saturated carbocycles. The van der Waals surface area contributed by atoms with Gasteiger partial charge in [0.1, 0.15) is 0 Å². The van der Waals surface area contributed by atoms with E-state index >= 15 is 0 Å². The average Bonchev–Trinajstić information content (AvgIpc) is 2.90. The molecule has 2 heterocycles. The van der Waals surface area contributed by atoms with E-state index in [4.69, 9.17) is 4.52 Å². The van der Waals surface area contributed by atoms with Crippen LogP contribution in [0.2, 0.25) is 0 Å². The zero-order valence-corrected chi connectivity index (χ0v) is 11.8. The van der Waals surface area contributed by atoms with Gasteiger partial charge in [-0.25, -0.2) is 0 Å². The van der Waals surface area contributed by atoms with Gasteiger partial charge in [0, 0.05) is 12.6 Å². The third kappa shape index (κ3) is 2.61. The summed E-state index contributed by atoms with van der Waals surface area (Å²) in [5.41, 5.74) is 0.576. The number of aromatic nitrogens is 1. The highest BCUT2D eigenvalue weighted by atomic mass is 16.5. The van der Waals surface area contributed by atoms with E-state index in [0.717, 1.165) is 19.3 Å². The quantitative estimate of drug-likeness (QED) is 0.816. The SMILES string of the molecule is CC1CCCCN1C(=O)C(=O)Nc1noc2ccccc12. The Hall–Kier alpha value is -2.37. The molecule has 1 aromatic heterocycles. The summed E-state index contributed by atoms with van der Waals surface area (Å²) in [6, 6.07) is 7.29. The van der Waals surface area contributed by atoms with Crippen LogP contribution >= 0.6 is 0 Å². The van der Waals surface area contributed by atoms with Crippen molar-refractivity contribution >= 4 is 28.6 Å². The van der Waals surface area contributed by atoms with Crippen LogP contribution in [0.25, 0.3) is 11.0 Å². The summed E-state index contributed by atoms with van der Waals surface area (Å²) < 4.78 is 5.11. The lowest BCUT2D eigenvalue weighted by molar-refractivity contribution is -0.145. The second-order valence-electron chi connectivity index (χ2n) is 5.32. The first kappa shape index (κ1) is 13.6. The van der Waals surface area contributed by atoms with Crippen LogP contribution in [0.5, 0.6) is 0 Å². The molecule has 6 heteroatoms. The molecule has 110 valence electrons. The van der Waals surface area contributed by atoms with Crippen molar-refractivity contribution in [1.82, 2.24) is 10.1 Å². The lowest BCUT2D eigenvalue weighted by Gasteiger charge is -2.32. The second kappa shape index (κ2) is 5.55. The lowest BCUT2D eigenvalue weighted by atomic mass is 10.0. The summed E-state index contributed by atoms with van der Waals surface area (Å²) in [6.45, 7) is 2.60. The summed E-state index contributed by atoms with van der Waals surface area (Å²) in [4.78, 5) is 26.0. The molecule has 0 aliphatic carbocycles. The van der Waals surface area contributed by atoms with E-state index in [0.29, 0.717) is 17.5 Å². The molecule has 2 aromatic rings. The van der Waals surface area contributed by atoms with E-state index in [1.54, 1.807) is 17.0 Å². The van der Waals surface area contributed by atoms with Gasteiger partial charge in [-0.05, 0) is 38.3 Å². The fourth-order valence-electron chi connectivity index (χ4n) is 2.67. The van der Waals surface area contributed by atoms with Crippen molar-refractivity contribution in [3.63, 3.8) is 0 Å². The molecule has 21 heavy (non-hydrogen) atoms. The normalized spacial score (nSPS) is 18.7. The Bertz CT molecular complexity index is 680. The maximum absolute atomic E-state index is 12.2. The van der Waals surface area contributed by atoms with Crippen molar-refractivity contribution in [2.24, 2.45) is 0 Å². The number of carbonyl (C=O) groups excluding carboxylic acids is 2. The van der Waals surface area contributed by atoms with Crippen molar-refractivity contribution in [3.8, 4) is 0 Å². The Balaban J connectivity index is 1.75. The van der Waals surface area contributed by atoms with Crippen molar-refractivity contribution in [2.75, 3.05) is 11.9 Å². The molecule has 1 fully saturated rings. The van der Waals surface area contributed by atoms with Gasteiger partial charge < -0.3 is 9.42 Å². The van der Waals surface area contributed by atoms with Crippen LogP contribution in [-0.2, 0) is 9.59 Å². The third-order valence-corrected chi connectivity index (χ3v) is 3.87. The Morgan fingerprint density at radius 1 is 1.33 bits per heavy atom. The number of hydrogen-bond acceptors (Lipinski definition) is 4. The van der Waals surface area contributed by atoms with Gasteiger partial charge in [-0.2, -0.15) is 0 Å². The molecule has 1 unspecified atom stereocenters. The maximum atomic E-state index is 12.2. The van der Waals surface area contributed by atoms with E-state index in [1.807, 2.05) is 19.1 Å². The van der Waals surface area contributed by atoms with Gasteiger partial charge in [0.25, 0.3) is 0 Å². The fraction of sp³-hybridized carbons (Fsp3) is 0.400. The summed E-state index contributed by atoms with van der Waals surface area (Å²) in [7, 11) is 0. The molecule has 1 N–H and O–H groups in total. The molecule has 1 aliphatic rings. The molecular formula is C15H17N3O3. The van der Waals surface area contributed by atoms with Crippen LogP contribution in [0.1, 0.15) is 26.2 Å². The van der Waals surface area contributed by atoms with Crippen LogP contribution in [0.4, 0.5) is 5.82 Å². The van der Waals surface area contributed by atoms with Crippen molar-refractivity contribution < 1.29 is 14.1 Å². The highest BCUT2D eigenvalue weighted by molar-refractivity contribution is 6.40. The van der Waals surface area contributed by atoms with Gasteiger partial charge in [-0.15, -0.1) is 0 Å². The summed E-state index contributed by atoms with van der Waals surface area (Å²) in [6.07, 6.45) is 2.97. The maximum Gasteiger partial charge on any atom is 0.315 e. The van der Waals surface area contributed by atoms with E-state index < -0.39 is 11.8 Å². The number of carbonyl (C=O) groups is 2. The summed E-state index contributed by atoms with van der Waals surface area (Å²) in [5, 5.41) is 7.04. The molecule has 6 nitrogen and oxygen atoms in total. The van der Waals surface area contributed by atoms with Gasteiger partial charge in [-0.3, -0.25) is 14.9 Å². The van der Waals surface area contributed by atoms with E-state index in [-0.39, 0.29) is 11.9 Å². The monoisotopic (exact) mass is 287 g/mol. The van der Waals surface area contributed by atoms with Crippen LogP contribution in [-0.4, -0.2) is 34.5 Å². The number of rotatable bonds is 1. The minimum absolute atomic E-state index is 0.103. The first-order chi connectivity index (χ1) is 10.2. The van der Waals surface area contributed by atoms with Gasteiger partial charge in [0.15, 0.2) is 11.4 Å². The molecule has 0 bridgehead atoms. The third-order valence-electron chi connectivity index (χ3n) is 3.87.